The van der Waals surface area contributed by atoms with Gasteiger partial charge in [0.25, 0.3) is 0 Å². The van der Waals surface area contributed by atoms with Crippen LogP contribution >= 0.6 is 34.7 Å². The molecule has 2 fully saturated rings. The maximum absolute atomic E-state index is 12.6. The van der Waals surface area contributed by atoms with E-state index < -0.39 is 0 Å². The highest BCUT2D eigenvalue weighted by Gasteiger charge is 2.43. The summed E-state index contributed by atoms with van der Waals surface area (Å²) in [5, 5.41) is 15.4. The van der Waals surface area contributed by atoms with Crippen molar-refractivity contribution in [2.24, 2.45) is 17.8 Å². The van der Waals surface area contributed by atoms with Crippen molar-refractivity contribution < 1.29 is 4.79 Å². The first-order valence-electron chi connectivity index (χ1n) is 10.8. The zero-order valence-corrected chi connectivity index (χ0v) is 19.7. The molecule has 31 heavy (non-hydrogen) atoms. The Balaban J connectivity index is 1.36. The second kappa shape index (κ2) is 8.96. The summed E-state index contributed by atoms with van der Waals surface area (Å²) in [5.74, 6) is 3.43. The van der Waals surface area contributed by atoms with E-state index in [0.717, 1.165) is 27.7 Å². The van der Waals surface area contributed by atoms with Crippen molar-refractivity contribution in [2.75, 3.05) is 11.1 Å². The Bertz CT molecular complexity index is 1070. The van der Waals surface area contributed by atoms with Gasteiger partial charge in [-0.15, -0.1) is 21.5 Å². The number of thiophene rings is 1. The SMILES string of the molecule is C[C@H]([C@@H]1C[C@@H]2CC[C@@H]1C2)n1c(SCC(=O)Nc2ccccc2Cl)nnc1-c1cccs1. The number of para-hydroxylation sites is 1. The van der Waals surface area contributed by atoms with Gasteiger partial charge in [-0.05, 0) is 67.5 Å². The molecular formula is C23H25ClN4OS2. The molecule has 162 valence electrons. The number of anilines is 1. The molecule has 1 amide bonds. The van der Waals surface area contributed by atoms with E-state index in [1.54, 1.807) is 23.5 Å². The molecular weight excluding hydrogens is 448 g/mol. The van der Waals surface area contributed by atoms with Gasteiger partial charge in [0.2, 0.25) is 5.91 Å². The minimum Gasteiger partial charge on any atom is -0.324 e. The van der Waals surface area contributed by atoms with Crippen molar-refractivity contribution in [3.63, 3.8) is 0 Å². The third-order valence-corrected chi connectivity index (χ3v) is 8.84. The fourth-order valence-corrected chi connectivity index (χ4v) is 6.98. The number of fused-ring (bicyclic) bond motifs is 2. The van der Waals surface area contributed by atoms with Gasteiger partial charge in [0.1, 0.15) is 0 Å². The molecule has 1 N–H and O–H groups in total. The van der Waals surface area contributed by atoms with Crippen LogP contribution in [0.1, 0.15) is 38.6 Å². The first-order chi connectivity index (χ1) is 15.1. The Kier molecular flexibility index (Phi) is 6.08. The van der Waals surface area contributed by atoms with E-state index in [1.165, 1.54) is 37.4 Å². The van der Waals surface area contributed by atoms with Crippen LogP contribution in [-0.4, -0.2) is 26.4 Å². The van der Waals surface area contributed by atoms with Gasteiger partial charge in [0.05, 0.1) is 21.3 Å². The molecule has 8 heteroatoms. The number of amides is 1. The van der Waals surface area contributed by atoms with Crippen LogP contribution in [-0.2, 0) is 4.79 Å². The lowest BCUT2D eigenvalue weighted by Gasteiger charge is -2.30. The molecule has 3 aromatic rings. The fourth-order valence-electron chi connectivity index (χ4n) is 5.27. The monoisotopic (exact) mass is 472 g/mol. The molecule has 4 atom stereocenters. The molecule has 0 saturated heterocycles. The standard InChI is InChI=1S/C23H25ClN4OS2/c1-14(17-12-15-8-9-16(17)11-15)28-22(20-7-4-10-30-20)26-27-23(28)31-13-21(29)25-19-6-3-2-5-18(19)24/h2-7,10,14-17H,8-9,11-13H2,1H3,(H,25,29)/t14-,15-,16-,17+/m1/s1. The quantitative estimate of drug-likeness (QED) is 0.405. The summed E-state index contributed by atoms with van der Waals surface area (Å²) >= 11 is 9.29. The first-order valence-corrected chi connectivity index (χ1v) is 13.0. The Morgan fingerprint density at radius 2 is 2.13 bits per heavy atom. The van der Waals surface area contributed by atoms with Crippen molar-refractivity contribution in [1.82, 2.24) is 14.8 Å². The summed E-state index contributed by atoms with van der Waals surface area (Å²) in [6, 6.07) is 11.7. The van der Waals surface area contributed by atoms with Gasteiger partial charge in [-0.1, -0.05) is 48.0 Å². The van der Waals surface area contributed by atoms with Gasteiger partial charge in [0, 0.05) is 6.04 Å². The van der Waals surface area contributed by atoms with Gasteiger partial charge in [-0.2, -0.15) is 0 Å². The van der Waals surface area contributed by atoms with E-state index in [4.69, 9.17) is 11.6 Å². The number of aromatic nitrogens is 3. The summed E-state index contributed by atoms with van der Waals surface area (Å²) in [4.78, 5) is 13.7. The normalized spacial score (nSPS) is 23.2. The Morgan fingerprint density at radius 3 is 2.84 bits per heavy atom. The number of nitrogens with zero attached hydrogens (tertiary/aromatic N) is 3. The van der Waals surface area contributed by atoms with Crippen LogP contribution in [0.3, 0.4) is 0 Å². The van der Waals surface area contributed by atoms with Crippen molar-refractivity contribution in [3.8, 4) is 10.7 Å². The van der Waals surface area contributed by atoms with E-state index in [-0.39, 0.29) is 11.7 Å². The van der Waals surface area contributed by atoms with Crippen LogP contribution < -0.4 is 5.32 Å². The van der Waals surface area contributed by atoms with E-state index in [9.17, 15) is 4.79 Å². The summed E-state index contributed by atoms with van der Waals surface area (Å²) in [6.45, 7) is 2.31. The smallest absolute Gasteiger partial charge is 0.234 e. The van der Waals surface area contributed by atoms with Crippen LogP contribution in [0.25, 0.3) is 10.7 Å². The molecule has 2 saturated carbocycles. The summed E-state index contributed by atoms with van der Waals surface area (Å²) in [7, 11) is 0. The maximum Gasteiger partial charge on any atom is 0.234 e. The Labute approximate surface area is 195 Å². The second-order valence-corrected chi connectivity index (χ2v) is 10.8. The average molecular weight is 473 g/mol. The predicted molar refractivity (Wildman–Crippen MR) is 128 cm³/mol. The van der Waals surface area contributed by atoms with Gasteiger partial charge < -0.3 is 5.32 Å². The predicted octanol–water partition coefficient (Wildman–Crippen LogP) is 6.39. The molecule has 1 aromatic carbocycles. The van der Waals surface area contributed by atoms with E-state index >= 15 is 0 Å². The largest absolute Gasteiger partial charge is 0.324 e. The lowest BCUT2D eigenvalue weighted by molar-refractivity contribution is -0.113. The maximum atomic E-state index is 12.6. The summed E-state index contributed by atoms with van der Waals surface area (Å²) in [5.41, 5.74) is 0.630. The van der Waals surface area contributed by atoms with E-state index in [1.807, 2.05) is 18.2 Å². The third kappa shape index (κ3) is 4.28. The lowest BCUT2D eigenvalue weighted by Crippen LogP contribution is -2.23. The average Bonchev–Trinajstić information content (AvgIpc) is 3.57. The van der Waals surface area contributed by atoms with Crippen LogP contribution in [0.2, 0.25) is 5.02 Å². The molecule has 2 heterocycles. The fraction of sp³-hybridized carbons (Fsp3) is 0.435. The minimum absolute atomic E-state index is 0.0992. The number of carbonyl (C=O) groups excluding carboxylic acids is 1. The third-order valence-electron chi connectivity index (χ3n) is 6.71. The number of hydrogen-bond acceptors (Lipinski definition) is 5. The zero-order chi connectivity index (χ0) is 21.4. The van der Waals surface area contributed by atoms with Crippen molar-refractivity contribution in [2.45, 2.75) is 43.8 Å². The van der Waals surface area contributed by atoms with Gasteiger partial charge >= 0.3 is 0 Å². The van der Waals surface area contributed by atoms with Crippen LogP contribution in [0.15, 0.2) is 46.9 Å². The summed E-state index contributed by atoms with van der Waals surface area (Å²) in [6.07, 6.45) is 5.40. The molecule has 0 unspecified atom stereocenters. The van der Waals surface area contributed by atoms with Crippen LogP contribution in [0.4, 0.5) is 5.69 Å². The van der Waals surface area contributed by atoms with Crippen LogP contribution in [0.5, 0.6) is 0 Å². The van der Waals surface area contributed by atoms with Gasteiger partial charge in [-0.3, -0.25) is 9.36 Å². The number of hydrogen-bond donors (Lipinski definition) is 1. The van der Waals surface area contributed by atoms with E-state index in [0.29, 0.717) is 22.7 Å². The molecule has 2 aromatic heterocycles. The number of halogens is 1. The molecule has 0 radical (unpaired) electrons. The Hall–Kier alpha value is -1.83. The van der Waals surface area contributed by atoms with Gasteiger partial charge in [0.15, 0.2) is 11.0 Å². The highest BCUT2D eigenvalue weighted by Crippen LogP contribution is 2.53. The molecule has 0 spiro atoms. The first kappa shape index (κ1) is 21.0. The van der Waals surface area contributed by atoms with E-state index in [2.05, 4.69) is 38.5 Å². The molecule has 2 aliphatic rings. The summed E-state index contributed by atoms with van der Waals surface area (Å²) < 4.78 is 2.28. The molecule has 0 aliphatic heterocycles. The number of carbonyl (C=O) groups is 1. The number of benzene rings is 1. The van der Waals surface area contributed by atoms with Crippen LogP contribution in [0, 0.1) is 17.8 Å². The number of thioether (sulfide) groups is 1. The van der Waals surface area contributed by atoms with Crippen molar-refractivity contribution >= 4 is 46.3 Å². The highest BCUT2D eigenvalue weighted by atomic mass is 35.5. The van der Waals surface area contributed by atoms with Gasteiger partial charge in [-0.25, -0.2) is 0 Å². The zero-order valence-electron chi connectivity index (χ0n) is 17.3. The number of rotatable bonds is 7. The molecule has 2 aliphatic carbocycles. The Morgan fingerprint density at radius 1 is 1.26 bits per heavy atom. The molecule has 5 rings (SSSR count). The highest BCUT2D eigenvalue weighted by molar-refractivity contribution is 7.99. The topological polar surface area (TPSA) is 59.8 Å². The number of nitrogens with one attached hydrogen (secondary N) is 1. The van der Waals surface area contributed by atoms with Crippen molar-refractivity contribution in [1.29, 1.82) is 0 Å². The van der Waals surface area contributed by atoms with Crippen molar-refractivity contribution in [3.05, 3.63) is 46.8 Å². The second-order valence-electron chi connectivity index (χ2n) is 8.55. The molecule has 2 bridgehead atoms. The minimum atomic E-state index is -0.0992. The lowest BCUT2D eigenvalue weighted by atomic mass is 9.84. The molecule has 5 nitrogen and oxygen atoms in total.